The van der Waals surface area contributed by atoms with Crippen molar-refractivity contribution in [3.05, 3.63) is 69.8 Å². The maximum absolute atomic E-state index is 12.8. The van der Waals surface area contributed by atoms with Crippen molar-refractivity contribution in [1.82, 2.24) is 19.7 Å². The minimum Gasteiger partial charge on any atom is -0.465 e. The molecule has 4 rings (SSSR count). The molecule has 2 aromatic heterocycles. The molecule has 3 heterocycles. The number of nitrogens with two attached hydrogens (primary N) is 1. The maximum atomic E-state index is 12.8. The van der Waals surface area contributed by atoms with E-state index in [1.807, 2.05) is 0 Å². The first-order valence-electron chi connectivity index (χ1n) is 8.06. The van der Waals surface area contributed by atoms with Crippen LogP contribution in [0.4, 0.5) is 5.82 Å². The fourth-order valence-corrected chi connectivity index (χ4v) is 3.08. The van der Waals surface area contributed by atoms with E-state index in [0.29, 0.717) is 5.69 Å². The quantitative estimate of drug-likeness (QED) is 0.492. The standard InChI is InChI=1S/C18H13N5O5/c1-28-18(27)9-3-4-11(22-6-2-5-20-22)12(7-9)23-13(24)8-10-14(15(23)19)17(26)21-16(10)25/h2-8H,19H2,1H3,(H,21,25,26). The second kappa shape index (κ2) is 6.20. The molecule has 3 aromatic rings. The molecule has 2 amide bonds. The van der Waals surface area contributed by atoms with E-state index in [1.54, 1.807) is 24.5 Å². The summed E-state index contributed by atoms with van der Waals surface area (Å²) in [5.41, 5.74) is 6.07. The Hall–Kier alpha value is -4.21. The van der Waals surface area contributed by atoms with Crippen molar-refractivity contribution in [3.63, 3.8) is 0 Å². The van der Waals surface area contributed by atoms with Crippen molar-refractivity contribution in [1.29, 1.82) is 0 Å². The summed E-state index contributed by atoms with van der Waals surface area (Å²) in [5, 5.41) is 6.25. The fourth-order valence-electron chi connectivity index (χ4n) is 3.08. The Morgan fingerprint density at radius 1 is 1.14 bits per heavy atom. The third-order valence-electron chi connectivity index (χ3n) is 4.34. The molecule has 0 radical (unpaired) electrons. The lowest BCUT2D eigenvalue weighted by Gasteiger charge is -2.16. The van der Waals surface area contributed by atoms with Gasteiger partial charge in [0.1, 0.15) is 5.82 Å². The van der Waals surface area contributed by atoms with E-state index in [2.05, 4.69) is 10.4 Å². The number of fused-ring (bicyclic) bond motifs is 1. The number of methoxy groups -OCH3 is 1. The van der Waals surface area contributed by atoms with Gasteiger partial charge in [-0.15, -0.1) is 0 Å². The average Bonchev–Trinajstić information content (AvgIpc) is 3.29. The van der Waals surface area contributed by atoms with E-state index < -0.39 is 23.3 Å². The van der Waals surface area contributed by atoms with Gasteiger partial charge in [-0.2, -0.15) is 5.10 Å². The highest BCUT2D eigenvalue weighted by Crippen LogP contribution is 2.27. The van der Waals surface area contributed by atoms with Crippen LogP contribution in [0.1, 0.15) is 31.1 Å². The van der Waals surface area contributed by atoms with Crippen LogP contribution in [-0.4, -0.2) is 39.2 Å². The first-order chi connectivity index (χ1) is 13.4. The first-order valence-corrected chi connectivity index (χ1v) is 8.06. The zero-order chi connectivity index (χ0) is 20.0. The Balaban J connectivity index is 2.05. The van der Waals surface area contributed by atoms with Crippen LogP contribution in [0.3, 0.4) is 0 Å². The highest BCUT2D eigenvalue weighted by atomic mass is 16.5. The molecule has 1 aliphatic heterocycles. The fraction of sp³-hybridized carbons (Fsp3) is 0.0556. The van der Waals surface area contributed by atoms with Crippen LogP contribution in [0, 0.1) is 0 Å². The number of benzene rings is 1. The van der Waals surface area contributed by atoms with Gasteiger partial charge < -0.3 is 10.5 Å². The number of aromatic nitrogens is 3. The Labute approximate surface area is 157 Å². The topological polar surface area (TPSA) is 138 Å². The van der Waals surface area contributed by atoms with Crippen molar-refractivity contribution in [2.45, 2.75) is 0 Å². The van der Waals surface area contributed by atoms with Crippen molar-refractivity contribution >= 4 is 23.6 Å². The Kier molecular flexibility index (Phi) is 3.81. The molecule has 0 spiro atoms. The highest BCUT2D eigenvalue weighted by Gasteiger charge is 2.32. The molecule has 28 heavy (non-hydrogen) atoms. The molecule has 0 fully saturated rings. The molecule has 0 saturated heterocycles. The number of amides is 2. The van der Waals surface area contributed by atoms with Gasteiger partial charge >= 0.3 is 5.97 Å². The highest BCUT2D eigenvalue weighted by molar-refractivity contribution is 6.23. The molecule has 0 aliphatic carbocycles. The molecule has 1 aliphatic rings. The van der Waals surface area contributed by atoms with Crippen LogP contribution < -0.4 is 16.6 Å². The van der Waals surface area contributed by atoms with Gasteiger partial charge in [-0.3, -0.25) is 24.3 Å². The summed E-state index contributed by atoms with van der Waals surface area (Å²) in [4.78, 5) is 48.7. The zero-order valence-corrected chi connectivity index (χ0v) is 14.5. The molecule has 0 unspecified atom stereocenters. The molecule has 0 atom stereocenters. The SMILES string of the molecule is COC(=O)c1ccc(-n2cccn2)c(-n2c(N)c3c(cc2=O)C(=O)NC3=O)c1. The number of anilines is 1. The van der Waals surface area contributed by atoms with E-state index in [4.69, 9.17) is 10.5 Å². The number of nitrogen functional groups attached to an aromatic ring is 1. The number of ether oxygens (including phenoxy) is 1. The molecule has 3 N–H and O–H groups in total. The summed E-state index contributed by atoms with van der Waals surface area (Å²) in [5.74, 6) is -2.22. The van der Waals surface area contributed by atoms with Crippen LogP contribution in [0.25, 0.3) is 11.4 Å². The number of carbonyl (C=O) groups is 3. The average molecular weight is 379 g/mol. The number of nitrogens with one attached hydrogen (secondary N) is 1. The van der Waals surface area contributed by atoms with Crippen LogP contribution in [0.15, 0.2) is 47.5 Å². The van der Waals surface area contributed by atoms with Crippen molar-refractivity contribution in [3.8, 4) is 11.4 Å². The van der Waals surface area contributed by atoms with E-state index >= 15 is 0 Å². The molecule has 140 valence electrons. The molecule has 0 saturated carbocycles. The van der Waals surface area contributed by atoms with Gasteiger partial charge in [-0.25, -0.2) is 9.48 Å². The molecule has 10 nitrogen and oxygen atoms in total. The molecule has 10 heteroatoms. The minimum atomic E-state index is -0.698. The summed E-state index contributed by atoms with van der Waals surface area (Å²) in [7, 11) is 1.23. The lowest BCUT2D eigenvalue weighted by Crippen LogP contribution is -2.25. The number of carbonyl (C=O) groups excluding carboxylic acids is 3. The second-order valence-electron chi connectivity index (χ2n) is 5.92. The lowest BCUT2D eigenvalue weighted by atomic mass is 10.1. The van der Waals surface area contributed by atoms with Gasteiger partial charge in [0.15, 0.2) is 0 Å². The number of nitrogens with zero attached hydrogens (tertiary/aromatic N) is 3. The number of esters is 1. The molecular formula is C18H13N5O5. The van der Waals surface area contributed by atoms with Gasteiger partial charge in [0.2, 0.25) is 0 Å². The molecule has 1 aromatic carbocycles. The number of hydrogen-bond acceptors (Lipinski definition) is 7. The van der Waals surface area contributed by atoms with E-state index in [9.17, 15) is 19.2 Å². The van der Waals surface area contributed by atoms with E-state index in [-0.39, 0.29) is 28.2 Å². The van der Waals surface area contributed by atoms with Crippen LogP contribution in [-0.2, 0) is 4.74 Å². The van der Waals surface area contributed by atoms with Gasteiger partial charge in [0, 0.05) is 18.5 Å². The third kappa shape index (κ3) is 2.47. The van der Waals surface area contributed by atoms with Crippen molar-refractivity contribution in [2.24, 2.45) is 0 Å². The van der Waals surface area contributed by atoms with Gasteiger partial charge in [0.25, 0.3) is 17.4 Å². The zero-order valence-electron chi connectivity index (χ0n) is 14.5. The number of imide groups is 1. The maximum Gasteiger partial charge on any atom is 0.337 e. The smallest absolute Gasteiger partial charge is 0.337 e. The van der Waals surface area contributed by atoms with Crippen LogP contribution in [0.5, 0.6) is 0 Å². The van der Waals surface area contributed by atoms with Crippen LogP contribution >= 0.6 is 0 Å². The van der Waals surface area contributed by atoms with Crippen LogP contribution in [0.2, 0.25) is 0 Å². The Bertz CT molecular complexity index is 1210. The summed E-state index contributed by atoms with van der Waals surface area (Å²) in [6, 6.07) is 7.19. The third-order valence-corrected chi connectivity index (χ3v) is 4.34. The van der Waals surface area contributed by atoms with E-state index in [1.165, 1.54) is 23.9 Å². The Morgan fingerprint density at radius 3 is 2.61 bits per heavy atom. The summed E-state index contributed by atoms with van der Waals surface area (Å²) in [6.45, 7) is 0. The predicted octanol–water partition coefficient (Wildman–Crippen LogP) is 0.276. The van der Waals surface area contributed by atoms with Crippen molar-refractivity contribution < 1.29 is 19.1 Å². The predicted molar refractivity (Wildman–Crippen MR) is 96.7 cm³/mol. The summed E-state index contributed by atoms with van der Waals surface area (Å²) >= 11 is 0. The Morgan fingerprint density at radius 2 is 1.93 bits per heavy atom. The van der Waals surface area contributed by atoms with Gasteiger partial charge in [-0.1, -0.05) is 0 Å². The first kappa shape index (κ1) is 17.2. The number of hydrogen-bond donors (Lipinski definition) is 2. The van der Waals surface area contributed by atoms with E-state index in [0.717, 1.165) is 10.6 Å². The van der Waals surface area contributed by atoms with Gasteiger partial charge in [-0.05, 0) is 24.3 Å². The second-order valence-corrected chi connectivity index (χ2v) is 5.92. The minimum absolute atomic E-state index is 0.0893. The summed E-state index contributed by atoms with van der Waals surface area (Å²) < 4.78 is 7.26. The normalized spacial score (nSPS) is 12.6. The summed E-state index contributed by atoms with van der Waals surface area (Å²) in [6.07, 6.45) is 3.18. The number of rotatable bonds is 3. The monoisotopic (exact) mass is 379 g/mol. The largest absolute Gasteiger partial charge is 0.465 e. The molecule has 0 bridgehead atoms. The number of pyridine rings is 1. The van der Waals surface area contributed by atoms with Gasteiger partial charge in [0.05, 0.1) is 35.2 Å². The van der Waals surface area contributed by atoms with Crippen molar-refractivity contribution in [2.75, 3.05) is 12.8 Å². The lowest BCUT2D eigenvalue weighted by molar-refractivity contribution is 0.0600. The molecular weight excluding hydrogens is 366 g/mol.